The number of amides is 2. The predicted octanol–water partition coefficient (Wildman–Crippen LogP) is 4.35. The molecule has 39 heavy (non-hydrogen) atoms. The smallest absolute Gasteiger partial charge is 0.254 e. The van der Waals surface area contributed by atoms with Crippen LogP contribution in [-0.2, 0) is 11.3 Å². The number of nitrogens with one attached hydrogen (secondary N) is 1. The fourth-order valence-corrected chi connectivity index (χ4v) is 5.89. The third kappa shape index (κ3) is 7.79. The predicted molar refractivity (Wildman–Crippen MR) is 151 cm³/mol. The van der Waals surface area contributed by atoms with Crippen molar-refractivity contribution in [1.29, 1.82) is 0 Å². The van der Waals surface area contributed by atoms with Crippen LogP contribution in [0, 0.1) is 11.7 Å². The van der Waals surface area contributed by atoms with E-state index in [1.807, 2.05) is 12.1 Å². The standard InChI is InChI=1S/C31H43FN4O3/c1-21(2)19-35(20-22-7-9-24(32)10-8-22)27-15-16-36(31(38)23-5-4-6-28(17-23)39-3)29(18-27)30(37)34-26-13-11-25(33)12-14-26/h4-10,17,21,25-27,29H,11-16,18-20,33H2,1-3H3,(H,34,37)/t25?,26?,27?,29-/m1/s1. The first-order valence-corrected chi connectivity index (χ1v) is 14.2. The summed E-state index contributed by atoms with van der Waals surface area (Å²) in [5, 5.41) is 3.25. The van der Waals surface area contributed by atoms with Crippen molar-refractivity contribution < 1.29 is 18.7 Å². The van der Waals surface area contributed by atoms with Gasteiger partial charge in [-0.1, -0.05) is 32.0 Å². The monoisotopic (exact) mass is 538 g/mol. The largest absolute Gasteiger partial charge is 0.497 e. The lowest BCUT2D eigenvalue weighted by atomic mass is 9.90. The van der Waals surface area contributed by atoms with Crippen molar-refractivity contribution in [3.8, 4) is 5.75 Å². The number of hydrogen-bond acceptors (Lipinski definition) is 5. The zero-order chi connectivity index (χ0) is 27.9. The van der Waals surface area contributed by atoms with Gasteiger partial charge in [0.25, 0.3) is 5.91 Å². The number of carbonyl (C=O) groups excluding carboxylic acids is 2. The molecule has 7 nitrogen and oxygen atoms in total. The lowest BCUT2D eigenvalue weighted by Gasteiger charge is -2.44. The quantitative estimate of drug-likeness (QED) is 0.496. The molecular formula is C31H43FN4O3. The van der Waals surface area contributed by atoms with E-state index >= 15 is 0 Å². The maximum atomic E-state index is 13.8. The van der Waals surface area contributed by atoms with Gasteiger partial charge in [0.05, 0.1) is 7.11 Å². The number of carbonyl (C=O) groups is 2. The lowest BCUT2D eigenvalue weighted by molar-refractivity contribution is -0.128. The summed E-state index contributed by atoms with van der Waals surface area (Å²) in [7, 11) is 1.58. The highest BCUT2D eigenvalue weighted by Crippen LogP contribution is 2.28. The van der Waals surface area contributed by atoms with E-state index in [9.17, 15) is 14.0 Å². The van der Waals surface area contributed by atoms with E-state index in [1.54, 1.807) is 36.3 Å². The third-order valence-electron chi connectivity index (χ3n) is 7.99. The zero-order valence-electron chi connectivity index (χ0n) is 23.4. The Balaban J connectivity index is 1.56. The van der Waals surface area contributed by atoms with Gasteiger partial charge in [-0.05, 0) is 80.3 Å². The topological polar surface area (TPSA) is 87.9 Å². The van der Waals surface area contributed by atoms with Crippen molar-refractivity contribution in [2.24, 2.45) is 11.7 Å². The van der Waals surface area contributed by atoms with Crippen LogP contribution in [-0.4, -0.2) is 66.0 Å². The summed E-state index contributed by atoms with van der Waals surface area (Å²) >= 11 is 0. The Morgan fingerprint density at radius 2 is 1.82 bits per heavy atom. The van der Waals surface area contributed by atoms with Gasteiger partial charge in [0, 0.05) is 43.3 Å². The highest BCUT2D eigenvalue weighted by Gasteiger charge is 2.39. The number of hydrogen-bond donors (Lipinski definition) is 2. The fraction of sp³-hybridized carbons (Fsp3) is 0.548. The highest BCUT2D eigenvalue weighted by molar-refractivity contribution is 5.98. The van der Waals surface area contributed by atoms with Gasteiger partial charge >= 0.3 is 0 Å². The molecule has 1 heterocycles. The Morgan fingerprint density at radius 3 is 2.49 bits per heavy atom. The van der Waals surface area contributed by atoms with Crippen molar-refractivity contribution in [3.63, 3.8) is 0 Å². The third-order valence-corrected chi connectivity index (χ3v) is 7.99. The molecule has 4 rings (SSSR count). The lowest BCUT2D eigenvalue weighted by Crippen LogP contribution is -2.58. The molecule has 1 aliphatic carbocycles. The van der Waals surface area contributed by atoms with Gasteiger partial charge in [-0.3, -0.25) is 14.5 Å². The van der Waals surface area contributed by atoms with Gasteiger partial charge < -0.3 is 20.7 Å². The molecule has 2 aromatic carbocycles. The number of nitrogens with two attached hydrogens (primary N) is 1. The normalized spacial score (nSPS) is 23.6. The van der Waals surface area contributed by atoms with E-state index in [0.29, 0.717) is 36.7 Å². The second-order valence-corrected chi connectivity index (χ2v) is 11.5. The number of nitrogens with zero attached hydrogens (tertiary/aromatic N) is 2. The van der Waals surface area contributed by atoms with Crippen molar-refractivity contribution >= 4 is 11.8 Å². The van der Waals surface area contributed by atoms with E-state index < -0.39 is 6.04 Å². The van der Waals surface area contributed by atoms with E-state index in [1.165, 1.54) is 12.1 Å². The number of ether oxygens (including phenoxy) is 1. The summed E-state index contributed by atoms with van der Waals surface area (Å²) in [5.41, 5.74) is 7.63. The van der Waals surface area contributed by atoms with Crippen LogP contribution in [0.1, 0.15) is 68.3 Å². The van der Waals surface area contributed by atoms with Crippen molar-refractivity contribution in [2.75, 3.05) is 20.2 Å². The van der Waals surface area contributed by atoms with Gasteiger partial charge in [0.15, 0.2) is 0 Å². The van der Waals surface area contributed by atoms with Gasteiger partial charge in [-0.25, -0.2) is 4.39 Å². The van der Waals surface area contributed by atoms with Crippen LogP contribution >= 0.6 is 0 Å². The van der Waals surface area contributed by atoms with Gasteiger partial charge in [0.2, 0.25) is 5.91 Å². The number of rotatable bonds is 9. The van der Waals surface area contributed by atoms with Crippen molar-refractivity contribution in [3.05, 3.63) is 65.5 Å². The molecule has 0 spiro atoms. The molecule has 2 amide bonds. The summed E-state index contributed by atoms with van der Waals surface area (Å²) in [6, 6.07) is 13.5. The summed E-state index contributed by atoms with van der Waals surface area (Å²) in [4.78, 5) is 31.6. The summed E-state index contributed by atoms with van der Waals surface area (Å²) in [6.45, 7) is 6.35. The van der Waals surface area contributed by atoms with E-state index in [0.717, 1.165) is 44.2 Å². The summed E-state index contributed by atoms with van der Waals surface area (Å²) in [5.74, 6) is 0.520. The Bertz CT molecular complexity index is 1100. The van der Waals surface area contributed by atoms with Crippen LogP contribution in [0.15, 0.2) is 48.5 Å². The molecule has 0 radical (unpaired) electrons. The van der Waals surface area contributed by atoms with Crippen LogP contribution < -0.4 is 15.8 Å². The van der Waals surface area contributed by atoms with E-state index in [4.69, 9.17) is 10.5 Å². The molecule has 1 aliphatic heterocycles. The van der Waals surface area contributed by atoms with Crippen LogP contribution in [0.5, 0.6) is 5.75 Å². The van der Waals surface area contributed by atoms with Gasteiger partial charge in [-0.2, -0.15) is 0 Å². The molecule has 2 atom stereocenters. The van der Waals surface area contributed by atoms with Crippen LogP contribution in [0.3, 0.4) is 0 Å². The SMILES string of the molecule is COc1cccc(C(=O)N2CCC(N(Cc3ccc(F)cc3)CC(C)C)C[C@@H]2C(=O)NC2CCC(N)CC2)c1. The summed E-state index contributed by atoms with van der Waals surface area (Å²) < 4.78 is 18.9. The number of likely N-dealkylation sites (tertiary alicyclic amines) is 1. The fourth-order valence-electron chi connectivity index (χ4n) is 5.89. The number of halogens is 1. The highest BCUT2D eigenvalue weighted by atomic mass is 19.1. The Hall–Kier alpha value is -2.97. The molecule has 8 heteroatoms. The molecule has 0 aromatic heterocycles. The molecule has 1 saturated carbocycles. The maximum Gasteiger partial charge on any atom is 0.254 e. The first-order chi connectivity index (χ1) is 18.7. The first-order valence-electron chi connectivity index (χ1n) is 14.2. The maximum absolute atomic E-state index is 13.8. The Morgan fingerprint density at radius 1 is 1.10 bits per heavy atom. The number of piperidine rings is 1. The second-order valence-electron chi connectivity index (χ2n) is 11.5. The minimum absolute atomic E-state index is 0.0810. The number of methoxy groups -OCH3 is 1. The van der Waals surface area contributed by atoms with Crippen LogP contribution in [0.4, 0.5) is 4.39 Å². The minimum atomic E-state index is -0.582. The minimum Gasteiger partial charge on any atom is -0.497 e. The Labute approximate surface area is 231 Å². The molecule has 2 aliphatic rings. The molecule has 3 N–H and O–H groups in total. The second kappa shape index (κ2) is 13.4. The number of benzene rings is 2. The average Bonchev–Trinajstić information content (AvgIpc) is 2.94. The summed E-state index contributed by atoms with van der Waals surface area (Å²) in [6.07, 6.45) is 4.80. The van der Waals surface area contributed by atoms with E-state index in [2.05, 4.69) is 24.1 Å². The van der Waals surface area contributed by atoms with E-state index in [-0.39, 0.29) is 35.8 Å². The molecule has 1 saturated heterocycles. The van der Waals surface area contributed by atoms with Crippen molar-refractivity contribution in [2.45, 2.75) is 83.1 Å². The molecule has 2 aromatic rings. The average molecular weight is 539 g/mol. The molecule has 212 valence electrons. The zero-order valence-corrected chi connectivity index (χ0v) is 23.4. The van der Waals surface area contributed by atoms with Gasteiger partial charge in [-0.15, -0.1) is 0 Å². The molecule has 0 bridgehead atoms. The van der Waals surface area contributed by atoms with Crippen LogP contribution in [0.25, 0.3) is 0 Å². The first kappa shape index (κ1) is 29.0. The van der Waals surface area contributed by atoms with Crippen molar-refractivity contribution in [1.82, 2.24) is 15.1 Å². The molecular weight excluding hydrogens is 495 g/mol. The van der Waals surface area contributed by atoms with Crippen LogP contribution in [0.2, 0.25) is 0 Å². The molecule has 2 fully saturated rings. The Kier molecular flexibility index (Phi) is 9.97. The molecule has 1 unspecified atom stereocenters. The van der Waals surface area contributed by atoms with Gasteiger partial charge in [0.1, 0.15) is 17.6 Å².